The Kier molecular flexibility index (Phi) is 4.89. The largest absolute Gasteiger partial charge is 0.481 e. The third-order valence-corrected chi connectivity index (χ3v) is 3.78. The Labute approximate surface area is 122 Å². The summed E-state index contributed by atoms with van der Waals surface area (Å²) < 4.78 is 18.6. The van der Waals surface area contributed by atoms with E-state index in [4.69, 9.17) is 10.00 Å². The van der Waals surface area contributed by atoms with E-state index in [0.717, 1.165) is 5.56 Å². The molecular weight excluding hydrogens is 275 g/mol. The summed E-state index contributed by atoms with van der Waals surface area (Å²) in [6, 6.07) is 5.99. The van der Waals surface area contributed by atoms with Crippen LogP contribution in [0.15, 0.2) is 18.2 Å². The number of hydrogen-bond acceptors (Lipinski definition) is 4. The van der Waals surface area contributed by atoms with E-state index in [0.29, 0.717) is 19.7 Å². The fourth-order valence-corrected chi connectivity index (χ4v) is 2.59. The van der Waals surface area contributed by atoms with Crippen LogP contribution in [0.25, 0.3) is 0 Å². The van der Waals surface area contributed by atoms with Crippen LogP contribution < -0.4 is 0 Å². The fourth-order valence-electron chi connectivity index (χ4n) is 2.59. The van der Waals surface area contributed by atoms with E-state index < -0.39 is 17.7 Å². The number of likely N-dealkylation sites (N-methyl/N-ethyl adjacent to an activating group) is 1. The molecule has 1 saturated heterocycles. The number of benzene rings is 1. The van der Waals surface area contributed by atoms with Crippen molar-refractivity contribution in [2.24, 2.45) is 5.92 Å². The molecule has 1 heterocycles. The molecule has 1 aliphatic heterocycles. The predicted molar refractivity (Wildman–Crippen MR) is 72.9 cm³/mol. The van der Waals surface area contributed by atoms with Gasteiger partial charge in [-0.2, -0.15) is 5.26 Å². The Hall–Kier alpha value is -1.97. The van der Waals surface area contributed by atoms with Crippen LogP contribution in [0.5, 0.6) is 0 Å². The number of carbonyl (C=O) groups is 1. The normalized spacial score (nSPS) is 21.4. The molecule has 1 N–H and O–H groups in total. The van der Waals surface area contributed by atoms with Gasteiger partial charge in [0.25, 0.3) is 0 Å². The van der Waals surface area contributed by atoms with Crippen LogP contribution in [0, 0.1) is 23.1 Å². The van der Waals surface area contributed by atoms with Gasteiger partial charge < -0.3 is 9.84 Å². The quantitative estimate of drug-likeness (QED) is 0.892. The van der Waals surface area contributed by atoms with Crippen molar-refractivity contribution >= 4 is 5.97 Å². The zero-order chi connectivity index (χ0) is 15.4. The van der Waals surface area contributed by atoms with Crippen LogP contribution in [0.4, 0.5) is 4.39 Å². The van der Waals surface area contributed by atoms with Gasteiger partial charge in [0.2, 0.25) is 0 Å². The van der Waals surface area contributed by atoms with Crippen molar-refractivity contribution in [3.05, 3.63) is 35.1 Å². The first kappa shape index (κ1) is 15.4. The molecule has 0 aliphatic carbocycles. The first-order valence-electron chi connectivity index (χ1n) is 6.80. The summed E-state index contributed by atoms with van der Waals surface area (Å²) in [4.78, 5) is 13.2. The second kappa shape index (κ2) is 6.66. The number of carboxylic acids is 1. The number of carboxylic acid groups (broad SMARTS) is 1. The van der Waals surface area contributed by atoms with Crippen molar-refractivity contribution in [3.63, 3.8) is 0 Å². The Bertz CT molecular complexity index is 571. The Morgan fingerprint density at radius 2 is 2.33 bits per heavy atom. The second-order valence-corrected chi connectivity index (χ2v) is 5.04. The molecule has 21 heavy (non-hydrogen) atoms. The number of ether oxygens (including phenoxy) is 1. The third-order valence-electron chi connectivity index (χ3n) is 3.78. The molecule has 2 unspecified atom stereocenters. The van der Waals surface area contributed by atoms with Crippen molar-refractivity contribution in [1.29, 1.82) is 5.26 Å². The summed E-state index contributed by atoms with van der Waals surface area (Å²) in [5.74, 6) is -1.97. The summed E-state index contributed by atoms with van der Waals surface area (Å²) >= 11 is 0. The highest BCUT2D eigenvalue weighted by molar-refractivity contribution is 5.71. The van der Waals surface area contributed by atoms with Gasteiger partial charge in [-0.05, 0) is 24.2 Å². The van der Waals surface area contributed by atoms with Crippen molar-refractivity contribution in [3.8, 4) is 6.07 Å². The van der Waals surface area contributed by atoms with Crippen molar-refractivity contribution in [1.82, 2.24) is 4.90 Å². The molecule has 1 aromatic rings. The standard InChI is InChI=1S/C15H17FN2O3/c1-2-18(14-9-21-8-12(14)15(19)20)7-10-3-4-13(16)11(5-10)6-17/h3-5,12,14H,2,7-9H2,1H3,(H,19,20). The Morgan fingerprint density at radius 3 is 2.95 bits per heavy atom. The summed E-state index contributed by atoms with van der Waals surface area (Å²) in [6.45, 7) is 3.63. The molecule has 112 valence electrons. The molecule has 6 heteroatoms. The van der Waals surface area contributed by atoms with E-state index in [9.17, 15) is 14.3 Å². The molecule has 0 bridgehead atoms. The lowest BCUT2D eigenvalue weighted by atomic mass is 10.0. The SMILES string of the molecule is CCN(Cc1ccc(F)c(C#N)c1)C1COCC1C(=O)O. The average molecular weight is 292 g/mol. The van der Waals surface area contributed by atoms with Gasteiger partial charge in [0.05, 0.1) is 24.7 Å². The monoisotopic (exact) mass is 292 g/mol. The molecule has 0 saturated carbocycles. The highest BCUT2D eigenvalue weighted by Gasteiger charge is 2.37. The van der Waals surface area contributed by atoms with Gasteiger partial charge in [0.1, 0.15) is 11.9 Å². The number of rotatable bonds is 5. The van der Waals surface area contributed by atoms with Crippen LogP contribution in [-0.4, -0.2) is 41.8 Å². The minimum absolute atomic E-state index is 0.000935. The maximum atomic E-state index is 13.3. The molecule has 0 radical (unpaired) electrons. The van der Waals surface area contributed by atoms with Gasteiger partial charge in [-0.15, -0.1) is 0 Å². The van der Waals surface area contributed by atoms with E-state index in [1.165, 1.54) is 12.1 Å². The molecule has 0 amide bonds. The average Bonchev–Trinajstić information content (AvgIpc) is 2.95. The topological polar surface area (TPSA) is 73.6 Å². The molecule has 2 atom stereocenters. The van der Waals surface area contributed by atoms with Gasteiger partial charge in [0, 0.05) is 12.6 Å². The highest BCUT2D eigenvalue weighted by Crippen LogP contribution is 2.22. The van der Waals surface area contributed by atoms with Crippen LogP contribution in [0.1, 0.15) is 18.1 Å². The zero-order valence-electron chi connectivity index (χ0n) is 11.8. The van der Waals surface area contributed by atoms with Gasteiger partial charge in [-0.1, -0.05) is 13.0 Å². The number of nitrogens with zero attached hydrogens (tertiary/aromatic N) is 2. The fraction of sp³-hybridized carbons (Fsp3) is 0.467. The molecule has 1 fully saturated rings. The van der Waals surface area contributed by atoms with Crippen LogP contribution in [0.2, 0.25) is 0 Å². The Morgan fingerprint density at radius 1 is 1.57 bits per heavy atom. The molecule has 2 rings (SSSR count). The molecule has 1 aromatic carbocycles. The van der Waals surface area contributed by atoms with Crippen LogP contribution in [0.3, 0.4) is 0 Å². The lowest BCUT2D eigenvalue weighted by Crippen LogP contribution is -2.42. The van der Waals surface area contributed by atoms with Crippen molar-refractivity contribution < 1.29 is 19.0 Å². The van der Waals surface area contributed by atoms with E-state index >= 15 is 0 Å². The van der Waals surface area contributed by atoms with E-state index in [2.05, 4.69) is 0 Å². The van der Waals surface area contributed by atoms with Gasteiger partial charge in [-0.3, -0.25) is 9.69 Å². The smallest absolute Gasteiger partial charge is 0.310 e. The summed E-state index contributed by atoms with van der Waals surface area (Å²) in [7, 11) is 0. The number of aliphatic carboxylic acids is 1. The minimum atomic E-state index is -0.868. The maximum absolute atomic E-state index is 13.3. The summed E-state index contributed by atoms with van der Waals surface area (Å²) in [6.07, 6.45) is 0. The van der Waals surface area contributed by atoms with Gasteiger partial charge in [0.15, 0.2) is 0 Å². The first-order valence-corrected chi connectivity index (χ1v) is 6.80. The van der Waals surface area contributed by atoms with Crippen molar-refractivity contribution in [2.45, 2.75) is 19.5 Å². The highest BCUT2D eigenvalue weighted by atomic mass is 19.1. The van der Waals surface area contributed by atoms with E-state index in [1.54, 1.807) is 6.07 Å². The number of hydrogen-bond donors (Lipinski definition) is 1. The lowest BCUT2D eigenvalue weighted by molar-refractivity contribution is -0.143. The minimum Gasteiger partial charge on any atom is -0.481 e. The van der Waals surface area contributed by atoms with Gasteiger partial charge in [-0.25, -0.2) is 4.39 Å². The zero-order valence-corrected chi connectivity index (χ0v) is 11.8. The molecule has 1 aliphatic rings. The number of halogens is 1. The summed E-state index contributed by atoms with van der Waals surface area (Å²) in [5, 5.41) is 18.1. The predicted octanol–water partition coefficient (Wildman–Crippen LogP) is 1.62. The molecular formula is C15H17FN2O3. The van der Waals surface area contributed by atoms with Gasteiger partial charge >= 0.3 is 5.97 Å². The van der Waals surface area contributed by atoms with E-state index in [-0.39, 0.29) is 18.2 Å². The summed E-state index contributed by atoms with van der Waals surface area (Å²) in [5.41, 5.74) is 0.784. The van der Waals surface area contributed by atoms with E-state index in [1.807, 2.05) is 17.9 Å². The first-order chi connectivity index (χ1) is 10.1. The van der Waals surface area contributed by atoms with Crippen LogP contribution in [-0.2, 0) is 16.1 Å². The Balaban J connectivity index is 2.16. The third kappa shape index (κ3) is 3.38. The lowest BCUT2D eigenvalue weighted by Gasteiger charge is -2.29. The number of nitriles is 1. The molecule has 5 nitrogen and oxygen atoms in total. The van der Waals surface area contributed by atoms with Crippen molar-refractivity contribution in [2.75, 3.05) is 19.8 Å². The molecule has 0 aromatic heterocycles. The molecule has 0 spiro atoms. The second-order valence-electron chi connectivity index (χ2n) is 5.04. The maximum Gasteiger partial charge on any atom is 0.310 e. The van der Waals surface area contributed by atoms with Crippen LogP contribution >= 0.6 is 0 Å².